The molecule has 1 aromatic carbocycles. The van der Waals surface area contributed by atoms with Crippen LogP contribution in [0.2, 0.25) is 0 Å². The maximum absolute atomic E-state index is 12.3. The van der Waals surface area contributed by atoms with Gasteiger partial charge in [0.05, 0.1) is 17.9 Å². The number of sulfonamides is 1. The molecule has 1 amide bonds. The van der Waals surface area contributed by atoms with Crippen molar-refractivity contribution in [2.45, 2.75) is 17.1 Å². The number of hydrogen-bond acceptors (Lipinski definition) is 6. The second-order valence-electron chi connectivity index (χ2n) is 4.57. The molecular formula is C11H15N3O5S. The summed E-state index contributed by atoms with van der Waals surface area (Å²) in [4.78, 5) is 10.8. The van der Waals surface area contributed by atoms with Crippen molar-refractivity contribution in [1.82, 2.24) is 4.31 Å². The Bertz CT molecular complexity index is 635. The van der Waals surface area contributed by atoms with E-state index in [9.17, 15) is 23.4 Å². The second kappa shape index (κ2) is 5.02. The number of aliphatic hydroxyl groups is 2. The fraction of sp³-hybridized carbons (Fsp3) is 0.364. The molecule has 2 atom stereocenters. The van der Waals surface area contributed by atoms with Gasteiger partial charge < -0.3 is 21.7 Å². The third-order valence-electron chi connectivity index (χ3n) is 3.14. The molecule has 1 aliphatic heterocycles. The predicted octanol–water partition coefficient (Wildman–Crippen LogP) is -1.91. The highest BCUT2D eigenvalue weighted by atomic mass is 32.2. The standard InChI is InChI=1S/C11H15N3O5S/c12-7-3-6(11(13)17)1-2-10(7)20(18,19)14-4-8(15)9(16)5-14/h1-3,8-9,15-16H,4-5,12H2,(H2,13,17)/t8-,9+. The summed E-state index contributed by atoms with van der Waals surface area (Å²) < 4.78 is 25.6. The number of amides is 1. The minimum atomic E-state index is -3.94. The number of β-amino-alcohol motifs (C(OH)–C–C–N with tert-alkyl or cyclic N) is 2. The molecule has 2 rings (SSSR count). The molecule has 20 heavy (non-hydrogen) atoms. The van der Waals surface area contributed by atoms with E-state index in [2.05, 4.69) is 0 Å². The molecule has 8 nitrogen and oxygen atoms in total. The molecule has 0 unspecified atom stereocenters. The monoisotopic (exact) mass is 301 g/mol. The summed E-state index contributed by atoms with van der Waals surface area (Å²) in [6.07, 6.45) is -2.26. The fourth-order valence-electron chi connectivity index (χ4n) is 2.01. The Morgan fingerprint density at radius 2 is 1.80 bits per heavy atom. The molecule has 0 spiro atoms. The van der Waals surface area contributed by atoms with Crippen LogP contribution in [0.15, 0.2) is 23.1 Å². The number of aliphatic hydroxyl groups excluding tert-OH is 2. The van der Waals surface area contributed by atoms with Crippen molar-refractivity contribution in [2.24, 2.45) is 5.73 Å². The fourth-order valence-corrected chi connectivity index (χ4v) is 3.58. The lowest BCUT2D eigenvalue weighted by atomic mass is 10.2. The molecule has 6 N–H and O–H groups in total. The van der Waals surface area contributed by atoms with Crippen LogP contribution in [-0.4, -0.2) is 54.1 Å². The zero-order chi connectivity index (χ0) is 15.1. The van der Waals surface area contributed by atoms with E-state index < -0.39 is 28.1 Å². The summed E-state index contributed by atoms with van der Waals surface area (Å²) in [6, 6.07) is 3.62. The molecule has 0 aliphatic carbocycles. The molecule has 0 aromatic heterocycles. The van der Waals surface area contributed by atoms with E-state index in [1.165, 1.54) is 18.2 Å². The smallest absolute Gasteiger partial charge is 0.248 e. The van der Waals surface area contributed by atoms with Gasteiger partial charge in [0.2, 0.25) is 15.9 Å². The highest BCUT2D eigenvalue weighted by Gasteiger charge is 2.38. The van der Waals surface area contributed by atoms with E-state index in [-0.39, 0.29) is 29.2 Å². The van der Waals surface area contributed by atoms with Gasteiger partial charge in [0, 0.05) is 18.7 Å². The summed E-state index contributed by atoms with van der Waals surface area (Å²) in [5.41, 5.74) is 10.7. The summed E-state index contributed by atoms with van der Waals surface area (Å²) in [5, 5.41) is 18.8. The molecular weight excluding hydrogens is 286 g/mol. The van der Waals surface area contributed by atoms with Gasteiger partial charge in [-0.15, -0.1) is 0 Å². The van der Waals surface area contributed by atoms with Crippen LogP contribution >= 0.6 is 0 Å². The van der Waals surface area contributed by atoms with Gasteiger partial charge in [-0.2, -0.15) is 4.31 Å². The summed E-state index contributed by atoms with van der Waals surface area (Å²) in [7, 11) is -3.94. The van der Waals surface area contributed by atoms with Gasteiger partial charge in [-0.05, 0) is 18.2 Å². The van der Waals surface area contributed by atoms with Crippen molar-refractivity contribution in [3.63, 3.8) is 0 Å². The number of anilines is 1. The Balaban J connectivity index is 2.38. The Morgan fingerprint density at radius 1 is 1.25 bits per heavy atom. The zero-order valence-corrected chi connectivity index (χ0v) is 11.2. The van der Waals surface area contributed by atoms with Gasteiger partial charge in [-0.3, -0.25) is 4.79 Å². The maximum Gasteiger partial charge on any atom is 0.248 e. The molecule has 9 heteroatoms. The predicted molar refractivity (Wildman–Crippen MR) is 70.1 cm³/mol. The van der Waals surface area contributed by atoms with Crippen LogP contribution in [0.1, 0.15) is 10.4 Å². The molecule has 1 aromatic rings. The number of carbonyl (C=O) groups excluding carboxylic acids is 1. The van der Waals surface area contributed by atoms with Gasteiger partial charge in [-0.25, -0.2) is 8.42 Å². The van der Waals surface area contributed by atoms with Crippen LogP contribution in [0, 0.1) is 0 Å². The minimum Gasteiger partial charge on any atom is -0.398 e. The molecule has 1 heterocycles. The minimum absolute atomic E-state index is 0.0999. The van der Waals surface area contributed by atoms with Gasteiger partial charge in [0.25, 0.3) is 0 Å². The summed E-state index contributed by atoms with van der Waals surface area (Å²) >= 11 is 0. The molecule has 1 saturated heterocycles. The number of nitrogens with two attached hydrogens (primary N) is 2. The van der Waals surface area contributed by atoms with Gasteiger partial charge in [-0.1, -0.05) is 0 Å². The van der Waals surface area contributed by atoms with Crippen LogP contribution in [0.4, 0.5) is 5.69 Å². The molecule has 110 valence electrons. The second-order valence-corrected chi connectivity index (χ2v) is 6.48. The van der Waals surface area contributed by atoms with E-state index >= 15 is 0 Å². The zero-order valence-electron chi connectivity index (χ0n) is 10.4. The molecule has 1 fully saturated rings. The van der Waals surface area contributed by atoms with E-state index in [1.54, 1.807) is 0 Å². The van der Waals surface area contributed by atoms with Crippen molar-refractivity contribution < 1.29 is 23.4 Å². The average Bonchev–Trinajstić information content (AvgIpc) is 2.69. The summed E-state index contributed by atoms with van der Waals surface area (Å²) in [6.45, 7) is -0.416. The van der Waals surface area contributed by atoms with E-state index in [0.29, 0.717) is 0 Å². The lowest BCUT2D eigenvalue weighted by Crippen LogP contribution is -2.30. The number of hydrogen-bond donors (Lipinski definition) is 4. The highest BCUT2D eigenvalue weighted by Crippen LogP contribution is 2.26. The third-order valence-corrected chi connectivity index (χ3v) is 5.04. The topological polar surface area (TPSA) is 147 Å². The van der Waals surface area contributed by atoms with Crippen LogP contribution in [-0.2, 0) is 10.0 Å². The normalized spacial score (nSPS) is 23.9. The lowest BCUT2D eigenvalue weighted by Gasteiger charge is -2.17. The highest BCUT2D eigenvalue weighted by molar-refractivity contribution is 7.89. The summed E-state index contributed by atoms with van der Waals surface area (Å²) in [5.74, 6) is -0.715. The first kappa shape index (κ1) is 14.7. The van der Waals surface area contributed by atoms with Crippen LogP contribution in [0.25, 0.3) is 0 Å². The molecule has 0 radical (unpaired) electrons. The van der Waals surface area contributed by atoms with Crippen molar-refractivity contribution in [1.29, 1.82) is 0 Å². The first-order valence-corrected chi connectivity index (χ1v) is 7.23. The van der Waals surface area contributed by atoms with E-state index in [1.807, 2.05) is 0 Å². The Morgan fingerprint density at radius 3 is 2.25 bits per heavy atom. The molecule has 0 saturated carbocycles. The number of nitrogens with zero attached hydrogens (tertiary/aromatic N) is 1. The van der Waals surface area contributed by atoms with Crippen molar-refractivity contribution in [3.05, 3.63) is 23.8 Å². The van der Waals surface area contributed by atoms with Crippen molar-refractivity contribution >= 4 is 21.6 Å². The Kier molecular flexibility index (Phi) is 3.69. The Hall–Kier alpha value is -1.68. The first-order valence-electron chi connectivity index (χ1n) is 5.79. The van der Waals surface area contributed by atoms with Gasteiger partial charge >= 0.3 is 0 Å². The number of benzene rings is 1. The quantitative estimate of drug-likeness (QED) is 0.479. The molecule has 1 aliphatic rings. The van der Waals surface area contributed by atoms with Gasteiger partial charge in [0.1, 0.15) is 4.90 Å². The van der Waals surface area contributed by atoms with Crippen LogP contribution in [0.3, 0.4) is 0 Å². The Labute approximate surface area is 115 Å². The SMILES string of the molecule is NC(=O)c1ccc(S(=O)(=O)N2C[C@@H](O)[C@@H](O)C2)c(N)c1. The van der Waals surface area contributed by atoms with Gasteiger partial charge in [0.15, 0.2) is 0 Å². The largest absolute Gasteiger partial charge is 0.398 e. The van der Waals surface area contributed by atoms with Crippen LogP contribution in [0.5, 0.6) is 0 Å². The van der Waals surface area contributed by atoms with Crippen LogP contribution < -0.4 is 11.5 Å². The number of rotatable bonds is 3. The molecule has 0 bridgehead atoms. The first-order chi connectivity index (χ1) is 9.23. The number of primary amides is 1. The average molecular weight is 301 g/mol. The van der Waals surface area contributed by atoms with E-state index in [0.717, 1.165) is 4.31 Å². The van der Waals surface area contributed by atoms with Crippen molar-refractivity contribution in [2.75, 3.05) is 18.8 Å². The number of carbonyl (C=O) groups is 1. The lowest BCUT2D eigenvalue weighted by molar-refractivity contribution is 0.0572. The number of nitrogen functional groups attached to an aromatic ring is 1. The third kappa shape index (κ3) is 2.48. The van der Waals surface area contributed by atoms with E-state index in [4.69, 9.17) is 11.5 Å². The maximum atomic E-state index is 12.3. The van der Waals surface area contributed by atoms with Crippen molar-refractivity contribution in [3.8, 4) is 0 Å².